The summed E-state index contributed by atoms with van der Waals surface area (Å²) >= 11 is 5.97. The van der Waals surface area contributed by atoms with Crippen molar-refractivity contribution in [1.82, 2.24) is 10.2 Å². The normalized spacial score (nSPS) is 18.5. The molecule has 1 aromatic rings. The minimum atomic E-state index is -0.230. The van der Waals surface area contributed by atoms with E-state index < -0.39 is 0 Å². The van der Waals surface area contributed by atoms with Gasteiger partial charge in [-0.05, 0) is 37.5 Å². The number of benzene rings is 1. The zero-order valence-corrected chi connectivity index (χ0v) is 15.3. The molecule has 1 saturated heterocycles. The van der Waals surface area contributed by atoms with Crippen molar-refractivity contribution in [3.05, 3.63) is 34.9 Å². The molecule has 0 aliphatic carbocycles. The third-order valence-electron chi connectivity index (χ3n) is 3.35. The predicted molar refractivity (Wildman–Crippen MR) is 98.7 cm³/mol. The van der Waals surface area contributed by atoms with Gasteiger partial charge in [0, 0.05) is 31.2 Å². The molecule has 1 aliphatic heterocycles. The molecule has 0 radical (unpaired) electrons. The van der Waals surface area contributed by atoms with Crippen molar-refractivity contribution < 1.29 is 5.11 Å². The molecule has 2 rings (SSSR count). The van der Waals surface area contributed by atoms with Crippen molar-refractivity contribution in [2.45, 2.75) is 25.9 Å². The molecule has 1 heterocycles. The fraction of sp³-hybridized carbons (Fsp3) is 0.533. The zero-order chi connectivity index (χ0) is 14.4. The molecule has 0 unspecified atom stereocenters. The van der Waals surface area contributed by atoms with Crippen LogP contribution in [0.2, 0.25) is 5.02 Å². The van der Waals surface area contributed by atoms with Gasteiger partial charge in [0.15, 0.2) is 5.96 Å². The smallest absolute Gasteiger partial charge is 0.194 e. The molecule has 6 heteroatoms. The molecule has 1 aliphatic rings. The molecule has 21 heavy (non-hydrogen) atoms. The maximum atomic E-state index is 9.61. The lowest BCUT2D eigenvalue weighted by molar-refractivity contribution is 0.188. The van der Waals surface area contributed by atoms with Gasteiger partial charge in [0.05, 0.1) is 6.10 Å². The van der Waals surface area contributed by atoms with E-state index in [0.29, 0.717) is 6.54 Å². The van der Waals surface area contributed by atoms with Gasteiger partial charge in [-0.1, -0.05) is 23.7 Å². The van der Waals surface area contributed by atoms with E-state index in [9.17, 15) is 5.11 Å². The van der Waals surface area contributed by atoms with Crippen molar-refractivity contribution in [3.8, 4) is 0 Å². The van der Waals surface area contributed by atoms with Crippen molar-refractivity contribution in [1.29, 1.82) is 0 Å². The first-order valence-electron chi connectivity index (χ1n) is 7.15. The van der Waals surface area contributed by atoms with Crippen molar-refractivity contribution in [2.24, 2.45) is 4.99 Å². The van der Waals surface area contributed by atoms with Crippen LogP contribution in [0.1, 0.15) is 18.9 Å². The average molecular weight is 424 g/mol. The average Bonchev–Trinajstić information content (AvgIpc) is 2.84. The highest BCUT2D eigenvalue weighted by atomic mass is 127. The lowest BCUT2D eigenvalue weighted by Crippen LogP contribution is -2.40. The number of aliphatic imine (C=N–C) groups is 1. The number of hydrogen-bond donors (Lipinski definition) is 2. The van der Waals surface area contributed by atoms with Crippen LogP contribution >= 0.6 is 35.6 Å². The van der Waals surface area contributed by atoms with Crippen LogP contribution in [0.4, 0.5) is 0 Å². The second kappa shape index (κ2) is 9.48. The Bertz CT molecular complexity index is 470. The number of guanidine groups is 1. The van der Waals surface area contributed by atoms with Gasteiger partial charge in [0.1, 0.15) is 0 Å². The minimum Gasteiger partial charge on any atom is -0.391 e. The second-order valence-electron chi connectivity index (χ2n) is 5.00. The van der Waals surface area contributed by atoms with E-state index in [0.717, 1.165) is 43.5 Å². The zero-order valence-electron chi connectivity index (χ0n) is 12.3. The largest absolute Gasteiger partial charge is 0.391 e. The number of aliphatic hydroxyl groups is 1. The summed E-state index contributed by atoms with van der Waals surface area (Å²) in [6.07, 6.45) is 1.46. The first-order valence-corrected chi connectivity index (χ1v) is 7.52. The number of β-amino-alcohol motifs (C(OH)–C–C–N with tert-alkyl or cyclic N) is 1. The standard InChI is InChI=1S/C15H22ClN3O.HI/c1-2-17-15(19-9-7-14(20)11-19)18-8-6-12-4-3-5-13(16)10-12;/h3-5,10,14,20H,2,6-9,11H2,1H3,(H,17,18);1H/t14-;/m1./s1. The Hall–Kier alpha value is -0.530. The number of aliphatic hydroxyl groups excluding tert-OH is 1. The van der Waals surface area contributed by atoms with Crippen LogP contribution in [-0.4, -0.2) is 48.2 Å². The maximum Gasteiger partial charge on any atom is 0.194 e. The number of rotatable bonds is 4. The number of likely N-dealkylation sites (tertiary alicyclic amines) is 1. The molecular weight excluding hydrogens is 401 g/mol. The van der Waals surface area contributed by atoms with E-state index in [1.165, 1.54) is 5.56 Å². The first-order chi connectivity index (χ1) is 9.69. The molecule has 1 fully saturated rings. The topological polar surface area (TPSA) is 47.9 Å². The monoisotopic (exact) mass is 423 g/mol. The van der Waals surface area contributed by atoms with Crippen molar-refractivity contribution in [2.75, 3.05) is 26.2 Å². The Labute approximate surface area is 148 Å². The highest BCUT2D eigenvalue weighted by Crippen LogP contribution is 2.12. The van der Waals surface area contributed by atoms with E-state index in [2.05, 4.69) is 28.2 Å². The van der Waals surface area contributed by atoms with E-state index >= 15 is 0 Å². The van der Waals surface area contributed by atoms with Crippen LogP contribution in [0.25, 0.3) is 0 Å². The predicted octanol–water partition coefficient (Wildman–Crippen LogP) is 2.53. The summed E-state index contributed by atoms with van der Waals surface area (Å²) in [6, 6.07) is 7.88. The molecule has 0 bridgehead atoms. The van der Waals surface area contributed by atoms with E-state index in [1.54, 1.807) is 0 Å². The summed E-state index contributed by atoms with van der Waals surface area (Å²) in [4.78, 5) is 6.75. The van der Waals surface area contributed by atoms with Crippen LogP contribution in [0, 0.1) is 0 Å². The maximum absolute atomic E-state index is 9.61. The number of nitrogens with one attached hydrogen (secondary N) is 1. The van der Waals surface area contributed by atoms with Crippen LogP contribution < -0.4 is 5.32 Å². The third kappa shape index (κ3) is 6.00. The molecule has 1 aromatic carbocycles. The Kier molecular flexibility index (Phi) is 8.36. The SMILES string of the molecule is CCNC(=NCCc1cccc(Cl)c1)N1CC[C@@H](O)C1.I. The van der Waals surface area contributed by atoms with Gasteiger partial charge in [-0.3, -0.25) is 4.99 Å². The summed E-state index contributed by atoms with van der Waals surface area (Å²) < 4.78 is 0. The van der Waals surface area contributed by atoms with E-state index in [-0.39, 0.29) is 30.1 Å². The number of nitrogens with zero attached hydrogens (tertiary/aromatic N) is 2. The summed E-state index contributed by atoms with van der Waals surface area (Å²) in [6.45, 7) is 5.14. The Morgan fingerprint density at radius 2 is 2.33 bits per heavy atom. The molecule has 2 N–H and O–H groups in total. The molecule has 0 saturated carbocycles. The lowest BCUT2D eigenvalue weighted by atomic mass is 10.1. The lowest BCUT2D eigenvalue weighted by Gasteiger charge is -2.20. The highest BCUT2D eigenvalue weighted by molar-refractivity contribution is 14.0. The summed E-state index contributed by atoms with van der Waals surface area (Å²) in [7, 11) is 0. The summed E-state index contributed by atoms with van der Waals surface area (Å²) in [5.74, 6) is 0.895. The molecule has 118 valence electrons. The second-order valence-corrected chi connectivity index (χ2v) is 5.44. The van der Waals surface area contributed by atoms with E-state index in [1.807, 2.05) is 18.2 Å². The fourth-order valence-electron chi connectivity index (χ4n) is 2.34. The van der Waals surface area contributed by atoms with Crippen molar-refractivity contribution in [3.63, 3.8) is 0 Å². The van der Waals surface area contributed by atoms with Gasteiger partial charge in [-0.25, -0.2) is 0 Å². The fourth-order valence-corrected chi connectivity index (χ4v) is 2.56. The molecule has 0 spiro atoms. The highest BCUT2D eigenvalue weighted by Gasteiger charge is 2.22. The number of halogens is 2. The van der Waals surface area contributed by atoms with E-state index in [4.69, 9.17) is 11.6 Å². The van der Waals surface area contributed by atoms with Crippen molar-refractivity contribution >= 4 is 41.5 Å². The van der Waals surface area contributed by atoms with Crippen LogP contribution in [0.15, 0.2) is 29.3 Å². The van der Waals surface area contributed by atoms with Crippen LogP contribution in [0.5, 0.6) is 0 Å². The Balaban J connectivity index is 0.00000220. The van der Waals surface area contributed by atoms with Gasteiger partial charge >= 0.3 is 0 Å². The summed E-state index contributed by atoms with van der Waals surface area (Å²) in [5.41, 5.74) is 1.19. The molecule has 0 aromatic heterocycles. The van der Waals surface area contributed by atoms with Gasteiger partial charge in [-0.15, -0.1) is 24.0 Å². The molecule has 4 nitrogen and oxygen atoms in total. The van der Waals surface area contributed by atoms with Gasteiger partial charge < -0.3 is 15.3 Å². The molecule has 0 amide bonds. The quantitative estimate of drug-likeness (QED) is 0.444. The third-order valence-corrected chi connectivity index (χ3v) is 3.58. The Morgan fingerprint density at radius 3 is 2.95 bits per heavy atom. The first kappa shape index (κ1) is 18.5. The summed E-state index contributed by atoms with van der Waals surface area (Å²) in [5, 5.41) is 13.7. The van der Waals surface area contributed by atoms with Gasteiger partial charge in [0.2, 0.25) is 0 Å². The van der Waals surface area contributed by atoms with Crippen LogP contribution in [0.3, 0.4) is 0 Å². The molecule has 1 atom stereocenters. The minimum absolute atomic E-state index is 0. The van der Waals surface area contributed by atoms with Gasteiger partial charge in [0.25, 0.3) is 0 Å². The Morgan fingerprint density at radius 1 is 1.52 bits per heavy atom. The number of hydrogen-bond acceptors (Lipinski definition) is 2. The van der Waals surface area contributed by atoms with Gasteiger partial charge in [-0.2, -0.15) is 0 Å². The molecular formula is C15H23ClIN3O. The van der Waals surface area contributed by atoms with Crippen LogP contribution in [-0.2, 0) is 6.42 Å².